The molecule has 1 rings (SSSR count). The Bertz CT molecular complexity index is 459. The summed E-state index contributed by atoms with van der Waals surface area (Å²) in [6, 6.07) is 5.57. The molecular formula is C17H27NO3. The molecule has 0 saturated heterocycles. The second-order valence-corrected chi connectivity index (χ2v) is 5.60. The Balaban J connectivity index is 2.30. The Labute approximate surface area is 127 Å². The standard InChI is InChI=1S/C17H27NO3/c1-5-12(2)16(17(19)20)18-9-6-10-21-15-8-7-13(3)14(4)11-15/h7-8,11-12,16,18H,5-6,9-10H2,1-4H3,(H,19,20)/t12-,16-/m0/s1. The van der Waals surface area contributed by atoms with Crippen LogP contribution >= 0.6 is 0 Å². The molecule has 4 heteroatoms. The van der Waals surface area contributed by atoms with Crippen molar-refractivity contribution in [3.63, 3.8) is 0 Å². The molecule has 2 atom stereocenters. The molecular weight excluding hydrogens is 266 g/mol. The van der Waals surface area contributed by atoms with Crippen molar-refractivity contribution in [1.82, 2.24) is 5.32 Å². The molecule has 0 aromatic heterocycles. The lowest BCUT2D eigenvalue weighted by atomic mass is 9.99. The highest BCUT2D eigenvalue weighted by molar-refractivity contribution is 5.73. The molecule has 0 fully saturated rings. The van der Waals surface area contributed by atoms with Crippen molar-refractivity contribution in [2.75, 3.05) is 13.2 Å². The molecule has 4 nitrogen and oxygen atoms in total. The van der Waals surface area contributed by atoms with E-state index < -0.39 is 12.0 Å². The Kier molecular flexibility index (Phi) is 7.23. The van der Waals surface area contributed by atoms with Crippen molar-refractivity contribution in [3.05, 3.63) is 29.3 Å². The molecule has 118 valence electrons. The normalized spacial score (nSPS) is 13.7. The fourth-order valence-electron chi connectivity index (χ4n) is 2.09. The summed E-state index contributed by atoms with van der Waals surface area (Å²) >= 11 is 0. The maximum atomic E-state index is 11.2. The fraction of sp³-hybridized carbons (Fsp3) is 0.588. The predicted octanol–water partition coefficient (Wildman–Crippen LogP) is 3.16. The van der Waals surface area contributed by atoms with E-state index in [1.54, 1.807) is 0 Å². The number of aryl methyl sites for hydroxylation is 2. The number of nitrogens with one attached hydrogen (secondary N) is 1. The summed E-state index contributed by atoms with van der Waals surface area (Å²) in [6.45, 7) is 9.33. The molecule has 0 radical (unpaired) electrons. The molecule has 0 saturated carbocycles. The van der Waals surface area contributed by atoms with Crippen LogP contribution in [0.3, 0.4) is 0 Å². The Hall–Kier alpha value is -1.55. The Morgan fingerprint density at radius 3 is 2.62 bits per heavy atom. The largest absolute Gasteiger partial charge is 0.494 e. The first kappa shape index (κ1) is 17.5. The van der Waals surface area contributed by atoms with Gasteiger partial charge in [0.1, 0.15) is 11.8 Å². The fourth-order valence-corrected chi connectivity index (χ4v) is 2.09. The second kappa shape index (κ2) is 8.67. The van der Waals surface area contributed by atoms with Gasteiger partial charge in [0.2, 0.25) is 0 Å². The van der Waals surface area contributed by atoms with Crippen LogP contribution in [0.1, 0.15) is 37.8 Å². The SMILES string of the molecule is CC[C@H](C)[C@H](NCCCOc1ccc(C)c(C)c1)C(=O)O. The zero-order chi connectivity index (χ0) is 15.8. The first-order valence-electron chi connectivity index (χ1n) is 7.62. The van der Waals surface area contributed by atoms with Gasteiger partial charge in [0.15, 0.2) is 0 Å². The van der Waals surface area contributed by atoms with E-state index in [1.807, 2.05) is 32.0 Å². The maximum Gasteiger partial charge on any atom is 0.320 e. The van der Waals surface area contributed by atoms with Crippen LogP contribution < -0.4 is 10.1 Å². The van der Waals surface area contributed by atoms with E-state index in [-0.39, 0.29) is 5.92 Å². The minimum Gasteiger partial charge on any atom is -0.494 e. The zero-order valence-corrected chi connectivity index (χ0v) is 13.5. The number of hydrogen-bond donors (Lipinski definition) is 2. The predicted molar refractivity (Wildman–Crippen MR) is 84.9 cm³/mol. The van der Waals surface area contributed by atoms with Gasteiger partial charge in [0.05, 0.1) is 6.61 Å². The van der Waals surface area contributed by atoms with Gasteiger partial charge in [0.25, 0.3) is 0 Å². The van der Waals surface area contributed by atoms with Crippen molar-refractivity contribution in [2.24, 2.45) is 5.92 Å². The van der Waals surface area contributed by atoms with E-state index in [1.165, 1.54) is 11.1 Å². The summed E-state index contributed by atoms with van der Waals surface area (Å²) in [6.07, 6.45) is 1.64. The first-order valence-corrected chi connectivity index (χ1v) is 7.62. The van der Waals surface area contributed by atoms with Crippen molar-refractivity contribution in [3.8, 4) is 5.75 Å². The summed E-state index contributed by atoms with van der Waals surface area (Å²) in [4.78, 5) is 11.2. The van der Waals surface area contributed by atoms with Crippen LogP contribution in [-0.2, 0) is 4.79 Å². The number of ether oxygens (including phenoxy) is 1. The minimum absolute atomic E-state index is 0.128. The van der Waals surface area contributed by atoms with E-state index >= 15 is 0 Å². The van der Waals surface area contributed by atoms with Crippen molar-refractivity contribution in [2.45, 2.75) is 46.6 Å². The van der Waals surface area contributed by atoms with Crippen LogP contribution in [0, 0.1) is 19.8 Å². The Morgan fingerprint density at radius 1 is 1.33 bits per heavy atom. The van der Waals surface area contributed by atoms with Crippen molar-refractivity contribution >= 4 is 5.97 Å². The molecule has 21 heavy (non-hydrogen) atoms. The molecule has 0 heterocycles. The van der Waals surface area contributed by atoms with Crippen LogP contribution in [0.25, 0.3) is 0 Å². The zero-order valence-electron chi connectivity index (χ0n) is 13.5. The molecule has 0 bridgehead atoms. The summed E-state index contributed by atoms with van der Waals surface area (Å²) < 4.78 is 5.68. The number of carboxylic acid groups (broad SMARTS) is 1. The van der Waals surface area contributed by atoms with Crippen LogP contribution in [0.2, 0.25) is 0 Å². The highest BCUT2D eigenvalue weighted by Gasteiger charge is 2.22. The lowest BCUT2D eigenvalue weighted by Gasteiger charge is -2.20. The third-order valence-corrected chi connectivity index (χ3v) is 3.91. The molecule has 0 aliphatic rings. The average molecular weight is 293 g/mol. The third kappa shape index (κ3) is 5.76. The van der Waals surface area contributed by atoms with Crippen LogP contribution in [0.4, 0.5) is 0 Å². The van der Waals surface area contributed by atoms with Gasteiger partial charge in [-0.1, -0.05) is 26.3 Å². The lowest BCUT2D eigenvalue weighted by Crippen LogP contribution is -2.42. The van der Waals surface area contributed by atoms with Gasteiger partial charge in [-0.3, -0.25) is 4.79 Å². The smallest absolute Gasteiger partial charge is 0.320 e. The van der Waals surface area contributed by atoms with Gasteiger partial charge >= 0.3 is 5.97 Å². The number of benzene rings is 1. The van der Waals surface area contributed by atoms with E-state index in [2.05, 4.69) is 19.2 Å². The van der Waals surface area contributed by atoms with Gasteiger partial charge in [-0.25, -0.2) is 0 Å². The summed E-state index contributed by atoms with van der Waals surface area (Å²) in [5.74, 6) is 0.220. The summed E-state index contributed by atoms with van der Waals surface area (Å²) in [5, 5.41) is 12.3. The molecule has 0 unspecified atom stereocenters. The number of aliphatic carboxylic acids is 1. The average Bonchev–Trinajstić information content (AvgIpc) is 2.45. The molecule has 0 aliphatic carbocycles. The quantitative estimate of drug-likeness (QED) is 0.687. The van der Waals surface area contributed by atoms with Crippen molar-refractivity contribution in [1.29, 1.82) is 0 Å². The number of carboxylic acids is 1. The minimum atomic E-state index is -0.778. The number of hydrogen-bond acceptors (Lipinski definition) is 3. The highest BCUT2D eigenvalue weighted by atomic mass is 16.5. The highest BCUT2D eigenvalue weighted by Crippen LogP contribution is 2.16. The van der Waals surface area contributed by atoms with Gasteiger partial charge in [-0.2, -0.15) is 0 Å². The van der Waals surface area contributed by atoms with Gasteiger partial charge in [0, 0.05) is 0 Å². The topological polar surface area (TPSA) is 58.6 Å². The van der Waals surface area contributed by atoms with E-state index in [9.17, 15) is 9.90 Å². The molecule has 0 amide bonds. The molecule has 0 spiro atoms. The molecule has 1 aromatic carbocycles. The van der Waals surface area contributed by atoms with E-state index in [0.717, 1.165) is 18.6 Å². The number of carbonyl (C=O) groups is 1. The molecule has 0 aliphatic heterocycles. The Morgan fingerprint density at radius 2 is 2.05 bits per heavy atom. The lowest BCUT2D eigenvalue weighted by molar-refractivity contribution is -0.140. The molecule has 2 N–H and O–H groups in total. The monoisotopic (exact) mass is 293 g/mol. The summed E-state index contributed by atoms with van der Waals surface area (Å²) in [5.41, 5.74) is 2.47. The van der Waals surface area contributed by atoms with Crippen LogP contribution in [-0.4, -0.2) is 30.3 Å². The first-order chi connectivity index (χ1) is 9.95. The van der Waals surface area contributed by atoms with Gasteiger partial charge in [-0.05, 0) is 56.0 Å². The number of rotatable bonds is 9. The second-order valence-electron chi connectivity index (χ2n) is 5.60. The summed E-state index contributed by atoms with van der Waals surface area (Å²) in [7, 11) is 0. The van der Waals surface area contributed by atoms with Crippen LogP contribution in [0.5, 0.6) is 5.75 Å². The van der Waals surface area contributed by atoms with Crippen molar-refractivity contribution < 1.29 is 14.6 Å². The van der Waals surface area contributed by atoms with Crippen LogP contribution in [0.15, 0.2) is 18.2 Å². The van der Waals surface area contributed by atoms with E-state index in [4.69, 9.17) is 4.74 Å². The van der Waals surface area contributed by atoms with Gasteiger partial charge < -0.3 is 15.2 Å². The third-order valence-electron chi connectivity index (χ3n) is 3.91. The van der Waals surface area contributed by atoms with Gasteiger partial charge in [-0.15, -0.1) is 0 Å². The maximum absolute atomic E-state index is 11.2. The molecule has 1 aromatic rings. The van der Waals surface area contributed by atoms with E-state index in [0.29, 0.717) is 13.2 Å².